The third-order valence-corrected chi connectivity index (χ3v) is 3.75. The van der Waals surface area contributed by atoms with Crippen LogP contribution in [-0.2, 0) is 6.54 Å². The Morgan fingerprint density at radius 2 is 1.88 bits per heavy atom. The molecular weight excluding hydrogens is 310 g/mol. The van der Waals surface area contributed by atoms with Crippen molar-refractivity contribution < 1.29 is 8.78 Å². The van der Waals surface area contributed by atoms with E-state index in [-0.39, 0.29) is 11.6 Å². The molecule has 1 aromatic heterocycles. The molecule has 0 spiro atoms. The Morgan fingerprint density at radius 1 is 1.00 bits per heavy atom. The Morgan fingerprint density at radius 3 is 2.75 bits per heavy atom. The fourth-order valence-corrected chi connectivity index (χ4v) is 2.57. The van der Waals surface area contributed by atoms with E-state index in [1.807, 2.05) is 0 Å². The van der Waals surface area contributed by atoms with E-state index in [1.165, 1.54) is 18.3 Å². The van der Waals surface area contributed by atoms with Crippen LogP contribution in [0.25, 0.3) is 11.4 Å². The number of halogens is 2. The van der Waals surface area contributed by atoms with Crippen LogP contribution in [-0.4, -0.2) is 16.2 Å². The van der Waals surface area contributed by atoms with E-state index in [2.05, 4.69) is 20.3 Å². The van der Waals surface area contributed by atoms with Crippen LogP contribution in [0, 0.1) is 11.6 Å². The second kappa shape index (κ2) is 5.81. The molecule has 24 heavy (non-hydrogen) atoms. The first-order valence-corrected chi connectivity index (χ1v) is 7.38. The number of hydrogen-bond donors (Lipinski definition) is 1. The van der Waals surface area contributed by atoms with Gasteiger partial charge < -0.3 is 5.32 Å². The van der Waals surface area contributed by atoms with Crippen LogP contribution in [0.2, 0.25) is 0 Å². The number of rotatable bonds is 3. The quantitative estimate of drug-likeness (QED) is 0.790. The second-order valence-electron chi connectivity index (χ2n) is 5.37. The number of hydrogen-bond acceptors (Lipinski definition) is 4. The highest BCUT2D eigenvalue weighted by Gasteiger charge is 2.13. The lowest BCUT2D eigenvalue weighted by Crippen LogP contribution is -2.01. The third-order valence-electron chi connectivity index (χ3n) is 3.75. The van der Waals surface area contributed by atoms with Crippen LogP contribution in [0.5, 0.6) is 0 Å². The van der Waals surface area contributed by atoms with Crippen molar-refractivity contribution in [1.29, 1.82) is 0 Å². The van der Waals surface area contributed by atoms with Gasteiger partial charge in [-0.3, -0.25) is 4.99 Å². The normalized spacial score (nSPS) is 12.2. The molecule has 4 nitrogen and oxygen atoms in total. The van der Waals surface area contributed by atoms with E-state index in [0.717, 1.165) is 11.1 Å². The first-order valence-electron chi connectivity index (χ1n) is 7.38. The number of nitrogens with zero attached hydrogens (tertiary/aromatic N) is 3. The fraction of sp³-hybridized carbons (Fsp3) is 0.0556. The van der Waals surface area contributed by atoms with Crippen LogP contribution in [0.1, 0.15) is 11.1 Å². The summed E-state index contributed by atoms with van der Waals surface area (Å²) in [6.45, 7) is 0.497. The topological polar surface area (TPSA) is 50.2 Å². The first kappa shape index (κ1) is 14.4. The zero-order chi connectivity index (χ0) is 16.5. The molecule has 6 heteroatoms. The van der Waals surface area contributed by atoms with Gasteiger partial charge in [0.05, 0.1) is 17.8 Å². The van der Waals surface area contributed by atoms with E-state index in [4.69, 9.17) is 0 Å². The van der Waals surface area contributed by atoms with Gasteiger partial charge in [0.15, 0.2) is 5.82 Å². The van der Waals surface area contributed by atoms with Crippen molar-refractivity contribution in [3.8, 4) is 11.4 Å². The molecule has 0 fully saturated rings. The summed E-state index contributed by atoms with van der Waals surface area (Å²) in [6.07, 6.45) is 3.22. The van der Waals surface area contributed by atoms with Gasteiger partial charge in [0, 0.05) is 12.4 Å². The highest BCUT2D eigenvalue weighted by Crippen LogP contribution is 2.26. The zero-order valence-corrected chi connectivity index (χ0v) is 12.5. The molecule has 4 rings (SSSR count). The minimum atomic E-state index is -0.408. The van der Waals surface area contributed by atoms with Gasteiger partial charge in [-0.2, -0.15) is 0 Å². The molecule has 0 radical (unpaired) electrons. The second-order valence-corrected chi connectivity index (χ2v) is 5.37. The van der Waals surface area contributed by atoms with Crippen LogP contribution in [0.3, 0.4) is 0 Å². The first-order chi connectivity index (χ1) is 11.7. The predicted octanol–water partition coefficient (Wildman–Crippen LogP) is 4.10. The average Bonchev–Trinajstić information content (AvgIpc) is 3.03. The Hall–Kier alpha value is -3.15. The van der Waals surface area contributed by atoms with Crippen molar-refractivity contribution >= 4 is 17.7 Å². The van der Waals surface area contributed by atoms with Gasteiger partial charge in [0.25, 0.3) is 0 Å². The minimum absolute atomic E-state index is 0.237. The van der Waals surface area contributed by atoms with Gasteiger partial charge in [-0.25, -0.2) is 18.7 Å². The Kier molecular flexibility index (Phi) is 3.49. The number of fused-ring (bicyclic) bond motifs is 1. The smallest absolute Gasteiger partial charge is 0.164 e. The third kappa shape index (κ3) is 2.62. The Bertz CT molecular complexity index is 953. The molecule has 2 heterocycles. The van der Waals surface area contributed by atoms with E-state index in [1.54, 1.807) is 36.5 Å². The lowest BCUT2D eigenvalue weighted by molar-refractivity contribution is 0.629. The molecule has 1 N–H and O–H groups in total. The van der Waals surface area contributed by atoms with Gasteiger partial charge in [-0.1, -0.05) is 12.1 Å². The van der Waals surface area contributed by atoms with Crippen molar-refractivity contribution in [2.75, 3.05) is 5.32 Å². The molecule has 0 saturated carbocycles. The molecule has 0 saturated heterocycles. The van der Waals surface area contributed by atoms with Crippen LogP contribution in [0.4, 0.5) is 20.3 Å². The molecule has 1 aliphatic heterocycles. The van der Waals surface area contributed by atoms with Crippen molar-refractivity contribution in [1.82, 2.24) is 9.97 Å². The van der Waals surface area contributed by atoms with Gasteiger partial charge in [0.1, 0.15) is 17.5 Å². The van der Waals surface area contributed by atoms with Crippen LogP contribution >= 0.6 is 0 Å². The maximum atomic E-state index is 14.2. The summed E-state index contributed by atoms with van der Waals surface area (Å²) in [7, 11) is 0. The molecule has 0 atom stereocenters. The summed E-state index contributed by atoms with van der Waals surface area (Å²) < 4.78 is 28.1. The van der Waals surface area contributed by atoms with Crippen molar-refractivity contribution in [3.63, 3.8) is 0 Å². The predicted molar refractivity (Wildman–Crippen MR) is 88.4 cm³/mol. The SMILES string of the molecule is Fc1cc2c(cc1Nc1ccnc(-c3ccccc3F)n1)C=NC2. The molecule has 3 aromatic rings. The largest absolute Gasteiger partial charge is 0.338 e. The number of nitrogens with one attached hydrogen (secondary N) is 1. The maximum absolute atomic E-state index is 14.2. The Balaban J connectivity index is 1.68. The summed E-state index contributed by atoms with van der Waals surface area (Å²) in [4.78, 5) is 12.5. The summed E-state index contributed by atoms with van der Waals surface area (Å²) in [5, 5.41) is 2.92. The molecular formula is C18H12F2N4. The van der Waals surface area contributed by atoms with Gasteiger partial charge in [0.2, 0.25) is 0 Å². The Labute approximate surface area is 136 Å². The number of benzene rings is 2. The number of aliphatic imine (C=N–C) groups is 1. The summed E-state index contributed by atoms with van der Waals surface area (Å²) in [6, 6.07) is 11.0. The average molecular weight is 322 g/mol. The van der Waals surface area contributed by atoms with E-state index < -0.39 is 5.82 Å². The van der Waals surface area contributed by atoms with E-state index in [9.17, 15) is 8.78 Å². The fourth-order valence-electron chi connectivity index (χ4n) is 2.57. The zero-order valence-electron chi connectivity index (χ0n) is 12.5. The highest BCUT2D eigenvalue weighted by molar-refractivity contribution is 5.86. The lowest BCUT2D eigenvalue weighted by atomic mass is 10.1. The monoisotopic (exact) mass is 322 g/mol. The minimum Gasteiger partial charge on any atom is -0.338 e. The number of anilines is 2. The number of aromatic nitrogens is 2. The van der Waals surface area contributed by atoms with Gasteiger partial charge in [-0.05, 0) is 41.5 Å². The van der Waals surface area contributed by atoms with E-state index in [0.29, 0.717) is 23.6 Å². The summed E-state index contributed by atoms with van der Waals surface area (Å²) >= 11 is 0. The highest BCUT2D eigenvalue weighted by atomic mass is 19.1. The standard InChI is InChI=1S/C18H12F2N4/c19-14-4-2-1-3-13(14)18-22-6-5-17(24-18)23-16-8-12-10-21-9-11(12)7-15(16)20/h1-8,10H,9H2,(H,22,23,24). The van der Waals surface area contributed by atoms with E-state index >= 15 is 0 Å². The van der Waals surface area contributed by atoms with Crippen molar-refractivity contribution in [3.05, 3.63) is 71.4 Å². The van der Waals surface area contributed by atoms with Crippen molar-refractivity contribution in [2.45, 2.75) is 6.54 Å². The van der Waals surface area contributed by atoms with Crippen LogP contribution < -0.4 is 5.32 Å². The maximum Gasteiger partial charge on any atom is 0.164 e. The molecule has 0 amide bonds. The molecule has 0 bridgehead atoms. The summed E-state index contributed by atoms with van der Waals surface area (Å²) in [5.41, 5.74) is 2.32. The molecule has 0 unspecified atom stereocenters. The molecule has 118 valence electrons. The lowest BCUT2D eigenvalue weighted by Gasteiger charge is -2.10. The van der Waals surface area contributed by atoms with Crippen molar-refractivity contribution in [2.24, 2.45) is 4.99 Å². The molecule has 2 aromatic carbocycles. The van der Waals surface area contributed by atoms with Gasteiger partial charge >= 0.3 is 0 Å². The van der Waals surface area contributed by atoms with Gasteiger partial charge in [-0.15, -0.1) is 0 Å². The molecule has 1 aliphatic rings. The summed E-state index contributed by atoms with van der Waals surface area (Å²) in [5.74, 6) is -0.168. The van der Waals surface area contributed by atoms with Crippen LogP contribution in [0.15, 0.2) is 53.7 Å². The molecule has 0 aliphatic carbocycles.